The third-order valence-electron chi connectivity index (χ3n) is 4.36. The number of rotatable bonds is 5. The quantitative estimate of drug-likeness (QED) is 0.702. The lowest BCUT2D eigenvalue weighted by atomic mass is 10.2. The number of nitrogens with zero attached hydrogens (tertiary/aromatic N) is 5. The Kier molecular flexibility index (Phi) is 6.00. The molecule has 0 radical (unpaired) electrons. The molecule has 10 nitrogen and oxygen atoms in total. The summed E-state index contributed by atoms with van der Waals surface area (Å²) in [6.07, 6.45) is -2.45. The van der Waals surface area contributed by atoms with E-state index in [9.17, 15) is 31.5 Å². The van der Waals surface area contributed by atoms with Crippen LogP contribution in [0.15, 0.2) is 41.6 Å². The Balaban J connectivity index is 1.82. The Morgan fingerprint density at radius 3 is 2.39 bits per heavy atom. The van der Waals surface area contributed by atoms with Crippen molar-refractivity contribution >= 4 is 21.8 Å². The molecule has 1 atom stereocenters. The van der Waals surface area contributed by atoms with Crippen molar-refractivity contribution < 1.29 is 36.2 Å². The highest BCUT2D eigenvalue weighted by Crippen LogP contribution is 2.27. The van der Waals surface area contributed by atoms with Gasteiger partial charge in [-0.3, -0.25) is 4.79 Å². The summed E-state index contributed by atoms with van der Waals surface area (Å²) in [6, 6.07) is 3.80. The molecular formula is C17H14F3N5O5S. The molecule has 1 aromatic carbocycles. The Hall–Kier alpha value is -3.44. The standard InChI is InChI=1S/C17H14F3N5O5S/c18-17(19,20)30-12-1-3-13(4-2-12)31(28,29)25-6-5-24(10-14(25)16(26)27)15-9-22-11(7-21)8-23-15/h1-4,8-9,14H,5-6,10H2,(H,26,27)/t14-/m1/s1. The minimum atomic E-state index is -4.93. The molecule has 0 unspecified atom stereocenters. The molecule has 2 aromatic rings. The van der Waals surface area contributed by atoms with E-state index in [1.54, 1.807) is 6.07 Å². The van der Waals surface area contributed by atoms with Crippen LogP contribution in [0.2, 0.25) is 0 Å². The van der Waals surface area contributed by atoms with E-state index in [0.29, 0.717) is 0 Å². The molecule has 3 rings (SSSR count). The number of piperazine rings is 1. The number of alkyl halides is 3. The Labute approximate surface area is 174 Å². The smallest absolute Gasteiger partial charge is 0.480 e. The van der Waals surface area contributed by atoms with Gasteiger partial charge in [0.1, 0.15) is 23.7 Å². The van der Waals surface area contributed by atoms with Crippen molar-refractivity contribution in [1.29, 1.82) is 5.26 Å². The highest BCUT2D eigenvalue weighted by atomic mass is 32.2. The summed E-state index contributed by atoms with van der Waals surface area (Å²) in [4.78, 5) is 20.8. The molecule has 2 heterocycles. The molecule has 14 heteroatoms. The van der Waals surface area contributed by atoms with Gasteiger partial charge in [0, 0.05) is 19.6 Å². The van der Waals surface area contributed by atoms with Crippen molar-refractivity contribution in [3.05, 3.63) is 42.4 Å². The van der Waals surface area contributed by atoms with E-state index in [1.807, 2.05) is 0 Å². The number of hydrogen-bond acceptors (Lipinski definition) is 8. The second-order valence-corrected chi connectivity index (χ2v) is 8.20. The summed E-state index contributed by atoms with van der Waals surface area (Å²) in [5.74, 6) is -1.74. The van der Waals surface area contributed by atoms with Gasteiger partial charge in [0.2, 0.25) is 10.0 Å². The van der Waals surface area contributed by atoms with Crippen molar-refractivity contribution in [3.63, 3.8) is 0 Å². The number of carboxylic acids is 1. The van der Waals surface area contributed by atoms with E-state index < -0.39 is 34.1 Å². The number of halogens is 3. The molecule has 0 spiro atoms. The first-order valence-electron chi connectivity index (χ1n) is 8.59. The Bertz CT molecular complexity index is 1100. The van der Waals surface area contributed by atoms with Gasteiger partial charge in [-0.25, -0.2) is 18.4 Å². The lowest BCUT2D eigenvalue weighted by Gasteiger charge is -2.38. The van der Waals surface area contributed by atoms with E-state index >= 15 is 0 Å². The van der Waals surface area contributed by atoms with Gasteiger partial charge in [0.15, 0.2) is 5.69 Å². The fraction of sp³-hybridized carbons (Fsp3) is 0.294. The van der Waals surface area contributed by atoms with Gasteiger partial charge in [-0.05, 0) is 24.3 Å². The molecule has 0 saturated carbocycles. The van der Waals surface area contributed by atoms with Gasteiger partial charge >= 0.3 is 12.3 Å². The molecule has 1 N–H and O–H groups in total. The van der Waals surface area contributed by atoms with Crippen LogP contribution in [0.25, 0.3) is 0 Å². The van der Waals surface area contributed by atoms with Crippen molar-refractivity contribution in [2.24, 2.45) is 0 Å². The highest BCUT2D eigenvalue weighted by Gasteiger charge is 2.41. The predicted octanol–water partition coefficient (Wildman–Crippen LogP) is 1.21. The summed E-state index contributed by atoms with van der Waals surface area (Å²) in [7, 11) is -4.32. The molecule has 0 amide bonds. The average Bonchev–Trinajstić information content (AvgIpc) is 2.72. The lowest BCUT2D eigenvalue weighted by molar-refractivity contribution is -0.274. The number of anilines is 1. The minimum Gasteiger partial charge on any atom is -0.480 e. The van der Waals surface area contributed by atoms with Crippen LogP contribution in [0.4, 0.5) is 19.0 Å². The SMILES string of the molecule is N#Cc1cnc(N2CCN(S(=O)(=O)c3ccc(OC(F)(F)F)cc3)[C@@H](C(=O)O)C2)cn1. The average molecular weight is 457 g/mol. The van der Waals surface area contributed by atoms with E-state index in [-0.39, 0.29) is 36.0 Å². The Morgan fingerprint density at radius 2 is 1.87 bits per heavy atom. The van der Waals surface area contributed by atoms with Gasteiger partial charge in [0.25, 0.3) is 0 Å². The van der Waals surface area contributed by atoms with Gasteiger partial charge in [-0.2, -0.15) is 9.57 Å². The molecular weight excluding hydrogens is 443 g/mol. The normalized spacial score (nSPS) is 17.7. The molecule has 1 fully saturated rings. The van der Waals surface area contributed by atoms with Crippen LogP contribution in [-0.4, -0.2) is 65.8 Å². The molecule has 1 saturated heterocycles. The van der Waals surface area contributed by atoms with Crippen LogP contribution in [0.5, 0.6) is 5.75 Å². The number of hydrogen-bond donors (Lipinski definition) is 1. The summed E-state index contributed by atoms with van der Waals surface area (Å²) in [5.41, 5.74) is 0.0673. The number of aromatic nitrogens is 2. The largest absolute Gasteiger partial charge is 0.573 e. The van der Waals surface area contributed by atoms with Crippen molar-refractivity contribution in [2.75, 3.05) is 24.5 Å². The summed E-state index contributed by atoms with van der Waals surface area (Å²) in [6.45, 7) is -0.384. The zero-order chi connectivity index (χ0) is 22.8. The predicted molar refractivity (Wildman–Crippen MR) is 97.4 cm³/mol. The first kappa shape index (κ1) is 22.2. The molecule has 1 aromatic heterocycles. The number of carboxylic acid groups (broad SMARTS) is 1. The van der Waals surface area contributed by atoms with Crippen LogP contribution in [0.3, 0.4) is 0 Å². The van der Waals surface area contributed by atoms with Gasteiger partial charge in [0.05, 0.1) is 17.3 Å². The summed E-state index contributed by atoms with van der Waals surface area (Å²) in [5, 5.41) is 18.4. The molecule has 1 aliphatic rings. The zero-order valence-electron chi connectivity index (χ0n) is 15.5. The number of ether oxygens (including phenoxy) is 1. The van der Waals surface area contributed by atoms with Crippen molar-refractivity contribution in [1.82, 2.24) is 14.3 Å². The lowest BCUT2D eigenvalue weighted by Crippen LogP contribution is -2.58. The van der Waals surface area contributed by atoms with Crippen LogP contribution in [-0.2, 0) is 14.8 Å². The minimum absolute atomic E-state index is 0.0673. The highest BCUT2D eigenvalue weighted by molar-refractivity contribution is 7.89. The van der Waals surface area contributed by atoms with Crippen LogP contribution in [0.1, 0.15) is 5.69 Å². The Morgan fingerprint density at radius 1 is 1.19 bits per heavy atom. The number of carbonyl (C=O) groups is 1. The second-order valence-electron chi connectivity index (χ2n) is 6.31. The van der Waals surface area contributed by atoms with Crippen LogP contribution < -0.4 is 9.64 Å². The fourth-order valence-corrected chi connectivity index (χ4v) is 4.52. The first-order valence-corrected chi connectivity index (χ1v) is 10.0. The molecule has 0 bridgehead atoms. The van der Waals surface area contributed by atoms with E-state index in [4.69, 9.17) is 5.26 Å². The van der Waals surface area contributed by atoms with Gasteiger partial charge in [-0.15, -0.1) is 13.2 Å². The van der Waals surface area contributed by atoms with Crippen molar-refractivity contribution in [3.8, 4) is 11.8 Å². The third-order valence-corrected chi connectivity index (χ3v) is 6.28. The number of aliphatic carboxylic acids is 1. The van der Waals surface area contributed by atoms with Crippen molar-refractivity contribution in [2.45, 2.75) is 17.3 Å². The van der Waals surface area contributed by atoms with Crippen LogP contribution in [0, 0.1) is 11.3 Å². The molecule has 164 valence electrons. The maximum Gasteiger partial charge on any atom is 0.573 e. The fourth-order valence-electron chi connectivity index (χ4n) is 2.95. The maximum atomic E-state index is 12.9. The number of nitriles is 1. The summed E-state index contributed by atoms with van der Waals surface area (Å²) >= 11 is 0. The molecule has 0 aliphatic carbocycles. The summed E-state index contributed by atoms with van der Waals surface area (Å²) < 4.78 is 67.2. The van der Waals surface area contributed by atoms with E-state index in [2.05, 4.69) is 14.7 Å². The van der Waals surface area contributed by atoms with Gasteiger partial charge in [-0.1, -0.05) is 0 Å². The van der Waals surface area contributed by atoms with E-state index in [0.717, 1.165) is 28.6 Å². The monoisotopic (exact) mass is 457 g/mol. The topological polar surface area (TPSA) is 137 Å². The first-order chi connectivity index (χ1) is 14.5. The number of benzene rings is 1. The van der Waals surface area contributed by atoms with Gasteiger partial charge < -0.3 is 14.7 Å². The van der Waals surface area contributed by atoms with E-state index in [1.165, 1.54) is 17.3 Å². The zero-order valence-corrected chi connectivity index (χ0v) is 16.3. The molecule has 1 aliphatic heterocycles. The third kappa shape index (κ3) is 5.01. The maximum absolute atomic E-state index is 12.9. The van der Waals surface area contributed by atoms with Crippen LogP contribution >= 0.6 is 0 Å². The molecule has 31 heavy (non-hydrogen) atoms. The second kappa shape index (κ2) is 8.36. The number of sulfonamides is 1.